The quantitative estimate of drug-likeness (QED) is 0.668. The average molecular weight is 367 g/mol. The average Bonchev–Trinajstić information content (AvgIpc) is 3.42. The molecule has 1 unspecified atom stereocenters. The number of hydrogen-bond donors (Lipinski definition) is 2. The SMILES string of the molecule is COc1ccccc1-n1nccc1CN[C@@H]1CC(Cn2ccnc2)C[C@H]1O. The fraction of sp³-hybridized carbons (Fsp3) is 0.400. The fourth-order valence-electron chi connectivity index (χ4n) is 3.90. The molecule has 4 rings (SSSR count). The van der Waals surface area contributed by atoms with Gasteiger partial charge in [0.1, 0.15) is 11.4 Å². The normalized spacial score (nSPS) is 22.2. The third-order valence-electron chi connectivity index (χ3n) is 5.23. The summed E-state index contributed by atoms with van der Waals surface area (Å²) < 4.78 is 9.42. The zero-order valence-electron chi connectivity index (χ0n) is 15.4. The van der Waals surface area contributed by atoms with Crippen molar-refractivity contribution >= 4 is 0 Å². The molecule has 1 aromatic carbocycles. The molecule has 0 bridgehead atoms. The summed E-state index contributed by atoms with van der Waals surface area (Å²) in [6.45, 7) is 1.53. The summed E-state index contributed by atoms with van der Waals surface area (Å²) in [7, 11) is 1.66. The number of ether oxygens (including phenoxy) is 1. The molecule has 1 aliphatic rings. The van der Waals surface area contributed by atoms with E-state index in [1.807, 2.05) is 47.5 Å². The number of imidazole rings is 1. The Kier molecular flexibility index (Phi) is 5.22. The second-order valence-electron chi connectivity index (χ2n) is 7.06. The van der Waals surface area contributed by atoms with E-state index < -0.39 is 0 Å². The van der Waals surface area contributed by atoms with Gasteiger partial charge in [0.25, 0.3) is 0 Å². The molecule has 27 heavy (non-hydrogen) atoms. The summed E-state index contributed by atoms with van der Waals surface area (Å²) in [4.78, 5) is 4.09. The van der Waals surface area contributed by atoms with Crippen LogP contribution in [0.1, 0.15) is 18.5 Å². The first-order valence-electron chi connectivity index (χ1n) is 9.28. The number of aliphatic hydroxyl groups excluding tert-OH is 1. The predicted molar refractivity (Wildman–Crippen MR) is 102 cm³/mol. The lowest BCUT2D eigenvalue weighted by molar-refractivity contribution is 0.145. The number of aromatic nitrogens is 4. The molecule has 7 heteroatoms. The molecule has 3 atom stereocenters. The number of methoxy groups -OCH3 is 1. The minimum atomic E-state index is -0.332. The van der Waals surface area contributed by atoms with Gasteiger partial charge in [-0.2, -0.15) is 5.10 Å². The molecule has 1 fully saturated rings. The minimum Gasteiger partial charge on any atom is -0.494 e. The number of rotatable bonds is 7. The molecule has 2 aromatic heterocycles. The van der Waals surface area contributed by atoms with Gasteiger partial charge in [0.05, 0.1) is 25.2 Å². The topological polar surface area (TPSA) is 77.1 Å². The van der Waals surface area contributed by atoms with Crippen LogP contribution in [-0.4, -0.2) is 43.7 Å². The zero-order chi connectivity index (χ0) is 18.6. The Morgan fingerprint density at radius 1 is 1.22 bits per heavy atom. The molecular weight excluding hydrogens is 342 g/mol. The largest absolute Gasteiger partial charge is 0.494 e. The van der Waals surface area contributed by atoms with Crippen LogP contribution in [0.4, 0.5) is 0 Å². The number of hydrogen-bond acceptors (Lipinski definition) is 5. The molecule has 2 heterocycles. The van der Waals surface area contributed by atoms with Gasteiger partial charge in [0.2, 0.25) is 0 Å². The van der Waals surface area contributed by atoms with Crippen molar-refractivity contribution in [2.45, 2.75) is 38.1 Å². The van der Waals surface area contributed by atoms with Crippen molar-refractivity contribution in [1.82, 2.24) is 24.6 Å². The van der Waals surface area contributed by atoms with E-state index in [-0.39, 0.29) is 12.1 Å². The van der Waals surface area contributed by atoms with Gasteiger partial charge in [-0.3, -0.25) is 0 Å². The highest BCUT2D eigenvalue weighted by Crippen LogP contribution is 2.28. The molecule has 3 aromatic rings. The second-order valence-corrected chi connectivity index (χ2v) is 7.06. The van der Waals surface area contributed by atoms with Crippen molar-refractivity contribution < 1.29 is 9.84 Å². The van der Waals surface area contributed by atoms with Crippen molar-refractivity contribution in [3.8, 4) is 11.4 Å². The molecule has 0 aliphatic heterocycles. The Balaban J connectivity index is 1.40. The number of nitrogens with one attached hydrogen (secondary N) is 1. The molecule has 0 saturated heterocycles. The molecule has 0 spiro atoms. The highest BCUT2D eigenvalue weighted by molar-refractivity contribution is 5.46. The van der Waals surface area contributed by atoms with E-state index in [0.717, 1.165) is 36.5 Å². The molecule has 1 saturated carbocycles. The third-order valence-corrected chi connectivity index (χ3v) is 5.23. The first-order valence-corrected chi connectivity index (χ1v) is 9.28. The number of nitrogens with zero attached hydrogens (tertiary/aromatic N) is 4. The van der Waals surface area contributed by atoms with E-state index in [9.17, 15) is 5.11 Å². The summed E-state index contributed by atoms with van der Waals surface area (Å²) in [5, 5.41) is 18.4. The van der Waals surface area contributed by atoms with Crippen LogP contribution in [0, 0.1) is 5.92 Å². The lowest BCUT2D eigenvalue weighted by Crippen LogP contribution is -2.35. The number of para-hydroxylation sites is 2. The lowest BCUT2D eigenvalue weighted by Gasteiger charge is -2.17. The Bertz CT molecular complexity index is 861. The maximum absolute atomic E-state index is 10.5. The summed E-state index contributed by atoms with van der Waals surface area (Å²) in [5.74, 6) is 1.23. The Hall–Kier alpha value is -2.64. The van der Waals surface area contributed by atoms with Gasteiger partial charge in [0, 0.05) is 37.7 Å². The monoisotopic (exact) mass is 367 g/mol. The first kappa shape index (κ1) is 17.8. The maximum Gasteiger partial charge on any atom is 0.144 e. The van der Waals surface area contributed by atoms with Crippen molar-refractivity contribution in [3.63, 3.8) is 0 Å². The molecule has 142 valence electrons. The van der Waals surface area contributed by atoms with Crippen LogP contribution in [0.3, 0.4) is 0 Å². The van der Waals surface area contributed by atoms with E-state index in [2.05, 4.69) is 20.0 Å². The number of aliphatic hydroxyl groups is 1. The van der Waals surface area contributed by atoms with Crippen LogP contribution in [0.5, 0.6) is 5.75 Å². The third kappa shape index (κ3) is 3.89. The van der Waals surface area contributed by atoms with Crippen LogP contribution < -0.4 is 10.1 Å². The van der Waals surface area contributed by atoms with Crippen LogP contribution in [-0.2, 0) is 13.1 Å². The van der Waals surface area contributed by atoms with Crippen molar-refractivity contribution in [2.75, 3.05) is 7.11 Å². The summed E-state index contributed by atoms with van der Waals surface area (Å²) in [5.41, 5.74) is 1.94. The van der Waals surface area contributed by atoms with Gasteiger partial charge in [-0.1, -0.05) is 12.1 Å². The van der Waals surface area contributed by atoms with E-state index in [0.29, 0.717) is 12.5 Å². The van der Waals surface area contributed by atoms with Gasteiger partial charge in [-0.05, 0) is 37.0 Å². The highest BCUT2D eigenvalue weighted by atomic mass is 16.5. The zero-order valence-corrected chi connectivity index (χ0v) is 15.4. The molecule has 7 nitrogen and oxygen atoms in total. The van der Waals surface area contributed by atoms with Gasteiger partial charge >= 0.3 is 0 Å². The minimum absolute atomic E-state index is 0.0829. The standard InChI is InChI=1S/C20H25N5O2/c1-27-20-5-3-2-4-18(20)25-16(6-7-23-25)12-22-17-10-15(11-19(17)26)13-24-9-8-21-14-24/h2-9,14-15,17,19,22,26H,10-13H2,1H3/t15?,17-,19-/m1/s1. The van der Waals surface area contributed by atoms with Crippen LogP contribution >= 0.6 is 0 Å². The molecule has 1 aliphatic carbocycles. The smallest absolute Gasteiger partial charge is 0.144 e. The molecule has 0 amide bonds. The van der Waals surface area contributed by atoms with E-state index in [4.69, 9.17) is 4.74 Å². The predicted octanol–water partition coefficient (Wildman–Crippen LogP) is 2.01. The van der Waals surface area contributed by atoms with Crippen LogP contribution in [0.15, 0.2) is 55.2 Å². The van der Waals surface area contributed by atoms with Crippen LogP contribution in [0.2, 0.25) is 0 Å². The summed E-state index contributed by atoms with van der Waals surface area (Å²) >= 11 is 0. The Labute approximate surface area is 158 Å². The molecule has 2 N–H and O–H groups in total. The Morgan fingerprint density at radius 2 is 2.11 bits per heavy atom. The highest BCUT2D eigenvalue weighted by Gasteiger charge is 2.32. The molecule has 0 radical (unpaired) electrons. The summed E-state index contributed by atoms with van der Waals surface area (Å²) in [6, 6.07) is 9.90. The van der Waals surface area contributed by atoms with E-state index in [1.54, 1.807) is 19.5 Å². The van der Waals surface area contributed by atoms with Crippen molar-refractivity contribution in [3.05, 3.63) is 60.9 Å². The van der Waals surface area contributed by atoms with E-state index >= 15 is 0 Å². The van der Waals surface area contributed by atoms with Gasteiger partial charge in [-0.15, -0.1) is 0 Å². The first-order chi connectivity index (χ1) is 13.2. The number of benzene rings is 1. The summed E-state index contributed by atoms with van der Waals surface area (Å²) in [6.07, 6.45) is 8.80. The van der Waals surface area contributed by atoms with E-state index in [1.165, 1.54) is 0 Å². The van der Waals surface area contributed by atoms with Crippen molar-refractivity contribution in [1.29, 1.82) is 0 Å². The van der Waals surface area contributed by atoms with Gasteiger partial charge < -0.3 is 19.7 Å². The van der Waals surface area contributed by atoms with Gasteiger partial charge in [-0.25, -0.2) is 9.67 Å². The molecular formula is C20H25N5O2. The Morgan fingerprint density at radius 3 is 2.93 bits per heavy atom. The fourth-order valence-corrected chi connectivity index (χ4v) is 3.90. The van der Waals surface area contributed by atoms with Gasteiger partial charge in [0.15, 0.2) is 0 Å². The van der Waals surface area contributed by atoms with Crippen molar-refractivity contribution in [2.24, 2.45) is 5.92 Å². The lowest BCUT2D eigenvalue weighted by atomic mass is 10.1. The van der Waals surface area contributed by atoms with Crippen LogP contribution in [0.25, 0.3) is 5.69 Å². The second kappa shape index (κ2) is 7.94. The maximum atomic E-state index is 10.5.